The second-order valence-electron chi connectivity index (χ2n) is 4.43. The summed E-state index contributed by atoms with van der Waals surface area (Å²) in [5.74, 6) is 0. The smallest absolute Gasteiger partial charge is 0.0727 e. The van der Waals surface area contributed by atoms with Crippen molar-refractivity contribution in [3.8, 4) is 0 Å². The molecule has 0 bridgehead atoms. The van der Waals surface area contributed by atoms with Gasteiger partial charge in [-0.3, -0.25) is 4.98 Å². The standard InChI is InChI=1S/C15H21N3/c1-4-11-9-14(16)13-10-12(18(5-2)6-3)7-8-15(13)17-11/h7-10H,4-6H2,1-3H3,(H2,16,17). The van der Waals surface area contributed by atoms with Gasteiger partial charge in [0.25, 0.3) is 0 Å². The summed E-state index contributed by atoms with van der Waals surface area (Å²) in [5, 5.41) is 1.05. The van der Waals surface area contributed by atoms with Crippen LogP contribution in [0.3, 0.4) is 0 Å². The molecular weight excluding hydrogens is 222 g/mol. The Morgan fingerprint density at radius 3 is 2.44 bits per heavy atom. The second-order valence-corrected chi connectivity index (χ2v) is 4.43. The molecule has 3 nitrogen and oxygen atoms in total. The molecule has 1 heterocycles. The first kappa shape index (κ1) is 12.7. The minimum Gasteiger partial charge on any atom is -0.398 e. The summed E-state index contributed by atoms with van der Waals surface area (Å²) in [6.07, 6.45) is 0.915. The second kappa shape index (κ2) is 5.25. The van der Waals surface area contributed by atoms with Crippen molar-refractivity contribution in [2.24, 2.45) is 0 Å². The van der Waals surface area contributed by atoms with Crippen LogP contribution in [0.25, 0.3) is 10.9 Å². The minimum atomic E-state index is 0.825. The molecule has 2 N–H and O–H groups in total. The third-order valence-electron chi connectivity index (χ3n) is 3.37. The highest BCUT2D eigenvalue weighted by Gasteiger charge is 2.06. The fourth-order valence-electron chi connectivity index (χ4n) is 2.26. The molecule has 1 aromatic carbocycles. The molecule has 0 aliphatic carbocycles. The Balaban J connectivity index is 2.54. The van der Waals surface area contributed by atoms with Gasteiger partial charge < -0.3 is 10.6 Å². The van der Waals surface area contributed by atoms with Crippen molar-refractivity contribution in [3.63, 3.8) is 0 Å². The molecule has 0 fully saturated rings. The summed E-state index contributed by atoms with van der Waals surface area (Å²) in [4.78, 5) is 6.92. The number of anilines is 2. The fraction of sp³-hybridized carbons (Fsp3) is 0.400. The number of pyridine rings is 1. The first-order valence-corrected chi connectivity index (χ1v) is 6.63. The van der Waals surface area contributed by atoms with Crippen LogP contribution in [0.1, 0.15) is 26.5 Å². The number of aryl methyl sites for hydroxylation is 1. The van der Waals surface area contributed by atoms with Gasteiger partial charge in [0, 0.05) is 35.5 Å². The van der Waals surface area contributed by atoms with E-state index in [9.17, 15) is 0 Å². The molecule has 0 amide bonds. The molecule has 0 saturated heterocycles. The molecule has 0 aliphatic heterocycles. The van der Waals surface area contributed by atoms with Gasteiger partial charge in [0.1, 0.15) is 0 Å². The molecule has 1 aromatic heterocycles. The van der Waals surface area contributed by atoms with Crippen LogP contribution in [0.15, 0.2) is 24.3 Å². The fourth-order valence-corrected chi connectivity index (χ4v) is 2.26. The molecular formula is C15H21N3. The van der Waals surface area contributed by atoms with Gasteiger partial charge in [-0.15, -0.1) is 0 Å². The highest BCUT2D eigenvalue weighted by Crippen LogP contribution is 2.26. The van der Waals surface area contributed by atoms with E-state index in [1.165, 1.54) is 5.69 Å². The van der Waals surface area contributed by atoms with Crippen LogP contribution in [0.2, 0.25) is 0 Å². The highest BCUT2D eigenvalue weighted by atomic mass is 15.1. The predicted molar refractivity (Wildman–Crippen MR) is 79.1 cm³/mol. The lowest BCUT2D eigenvalue weighted by Crippen LogP contribution is -2.21. The van der Waals surface area contributed by atoms with Crippen LogP contribution in [-0.4, -0.2) is 18.1 Å². The molecule has 18 heavy (non-hydrogen) atoms. The largest absolute Gasteiger partial charge is 0.398 e. The molecule has 0 atom stereocenters. The maximum absolute atomic E-state index is 6.13. The third-order valence-corrected chi connectivity index (χ3v) is 3.37. The first-order valence-electron chi connectivity index (χ1n) is 6.63. The number of nitrogen functional groups attached to an aromatic ring is 1. The Labute approximate surface area is 109 Å². The van der Waals surface area contributed by atoms with Crippen LogP contribution in [0.4, 0.5) is 11.4 Å². The van der Waals surface area contributed by atoms with Crippen LogP contribution < -0.4 is 10.6 Å². The van der Waals surface area contributed by atoms with E-state index in [1.807, 2.05) is 6.07 Å². The summed E-state index contributed by atoms with van der Waals surface area (Å²) >= 11 is 0. The topological polar surface area (TPSA) is 42.1 Å². The van der Waals surface area contributed by atoms with Crippen molar-refractivity contribution in [2.45, 2.75) is 27.2 Å². The summed E-state index contributed by atoms with van der Waals surface area (Å²) in [5.41, 5.74) is 10.2. The lowest BCUT2D eigenvalue weighted by Gasteiger charge is -2.21. The average molecular weight is 243 g/mol. The zero-order chi connectivity index (χ0) is 13.1. The normalized spacial score (nSPS) is 10.8. The average Bonchev–Trinajstić information content (AvgIpc) is 2.40. The van der Waals surface area contributed by atoms with Crippen LogP contribution in [0.5, 0.6) is 0 Å². The van der Waals surface area contributed by atoms with Crippen molar-refractivity contribution >= 4 is 22.3 Å². The number of aromatic nitrogens is 1. The third kappa shape index (κ3) is 2.26. The summed E-state index contributed by atoms with van der Waals surface area (Å²) in [6.45, 7) is 8.42. The van der Waals surface area contributed by atoms with Crippen LogP contribution in [0, 0.1) is 0 Å². The van der Waals surface area contributed by atoms with E-state index in [-0.39, 0.29) is 0 Å². The molecule has 3 heteroatoms. The quantitative estimate of drug-likeness (QED) is 0.896. The minimum absolute atomic E-state index is 0.825. The Morgan fingerprint density at radius 1 is 1.11 bits per heavy atom. The molecule has 96 valence electrons. The van der Waals surface area contributed by atoms with Gasteiger partial charge in [-0.25, -0.2) is 0 Å². The summed E-state index contributed by atoms with van der Waals surface area (Å²) in [7, 11) is 0. The van der Waals surface area contributed by atoms with Gasteiger partial charge >= 0.3 is 0 Å². The van der Waals surface area contributed by atoms with E-state index in [2.05, 4.69) is 48.9 Å². The number of benzene rings is 1. The number of hydrogen-bond acceptors (Lipinski definition) is 3. The van der Waals surface area contributed by atoms with Gasteiger partial charge in [0.05, 0.1) is 5.52 Å². The summed E-state index contributed by atoms with van der Waals surface area (Å²) in [6, 6.07) is 8.32. The van der Waals surface area contributed by atoms with E-state index in [4.69, 9.17) is 5.73 Å². The molecule has 0 spiro atoms. The molecule has 2 aromatic rings. The maximum atomic E-state index is 6.13. The van der Waals surface area contributed by atoms with E-state index >= 15 is 0 Å². The Hall–Kier alpha value is -1.77. The van der Waals surface area contributed by atoms with Gasteiger partial charge in [0.15, 0.2) is 0 Å². The highest BCUT2D eigenvalue weighted by molar-refractivity contribution is 5.92. The maximum Gasteiger partial charge on any atom is 0.0727 e. The number of rotatable bonds is 4. The van der Waals surface area contributed by atoms with Crippen molar-refractivity contribution in [1.29, 1.82) is 0 Å². The zero-order valence-electron chi connectivity index (χ0n) is 11.4. The number of nitrogens with zero attached hydrogens (tertiary/aromatic N) is 2. The molecule has 0 radical (unpaired) electrons. The van der Waals surface area contributed by atoms with Gasteiger partial charge in [-0.2, -0.15) is 0 Å². The van der Waals surface area contributed by atoms with E-state index < -0.39 is 0 Å². The van der Waals surface area contributed by atoms with Gasteiger partial charge in [-0.05, 0) is 44.5 Å². The van der Waals surface area contributed by atoms with Crippen LogP contribution >= 0.6 is 0 Å². The first-order chi connectivity index (χ1) is 8.69. The molecule has 0 unspecified atom stereocenters. The van der Waals surface area contributed by atoms with E-state index in [0.29, 0.717) is 0 Å². The van der Waals surface area contributed by atoms with Gasteiger partial charge in [-0.1, -0.05) is 6.92 Å². The number of hydrogen-bond donors (Lipinski definition) is 1. The predicted octanol–water partition coefficient (Wildman–Crippen LogP) is 3.23. The molecule has 0 saturated carbocycles. The monoisotopic (exact) mass is 243 g/mol. The van der Waals surface area contributed by atoms with Crippen molar-refractivity contribution in [2.75, 3.05) is 23.7 Å². The lowest BCUT2D eigenvalue weighted by molar-refractivity contribution is 0.867. The van der Waals surface area contributed by atoms with Gasteiger partial charge in [0.2, 0.25) is 0 Å². The van der Waals surface area contributed by atoms with Crippen LogP contribution in [-0.2, 0) is 6.42 Å². The SMILES string of the molecule is CCc1cc(N)c2cc(N(CC)CC)ccc2n1. The molecule has 0 aliphatic rings. The Morgan fingerprint density at radius 2 is 1.83 bits per heavy atom. The van der Waals surface area contributed by atoms with E-state index in [0.717, 1.165) is 41.8 Å². The number of fused-ring (bicyclic) bond motifs is 1. The Bertz CT molecular complexity index is 545. The zero-order valence-corrected chi connectivity index (χ0v) is 11.4. The summed E-state index contributed by atoms with van der Waals surface area (Å²) < 4.78 is 0. The van der Waals surface area contributed by atoms with Crippen molar-refractivity contribution in [1.82, 2.24) is 4.98 Å². The Kier molecular flexibility index (Phi) is 3.70. The van der Waals surface area contributed by atoms with Crippen molar-refractivity contribution in [3.05, 3.63) is 30.0 Å². The molecule has 2 rings (SSSR count). The lowest BCUT2D eigenvalue weighted by atomic mass is 10.1. The van der Waals surface area contributed by atoms with Crippen molar-refractivity contribution < 1.29 is 0 Å². The van der Waals surface area contributed by atoms with E-state index in [1.54, 1.807) is 0 Å². The number of nitrogens with two attached hydrogens (primary N) is 1.